The Labute approximate surface area is 123 Å². The summed E-state index contributed by atoms with van der Waals surface area (Å²) in [5, 5.41) is 2.99. The van der Waals surface area contributed by atoms with Crippen molar-refractivity contribution >= 4 is 17.2 Å². The highest BCUT2D eigenvalue weighted by Gasteiger charge is 2.33. The zero-order valence-electron chi connectivity index (χ0n) is 11.4. The maximum Gasteiger partial charge on any atom is 0.226 e. The Morgan fingerprint density at radius 3 is 2.75 bits per heavy atom. The first-order valence-corrected chi connectivity index (χ1v) is 7.92. The van der Waals surface area contributed by atoms with Gasteiger partial charge in [-0.1, -0.05) is 30.3 Å². The van der Waals surface area contributed by atoms with Gasteiger partial charge in [-0.3, -0.25) is 4.79 Å². The SMILES string of the molecule is O=C(C1CC1)N(CCc1ccccc1)Cc1nccs1. The normalized spacial score (nSPS) is 14.2. The molecule has 1 aromatic carbocycles. The van der Waals surface area contributed by atoms with Crippen molar-refractivity contribution < 1.29 is 4.79 Å². The van der Waals surface area contributed by atoms with Crippen molar-refractivity contribution in [1.82, 2.24) is 9.88 Å². The van der Waals surface area contributed by atoms with Crippen LogP contribution in [0.5, 0.6) is 0 Å². The maximum atomic E-state index is 12.4. The van der Waals surface area contributed by atoms with Crippen molar-refractivity contribution in [2.75, 3.05) is 6.54 Å². The predicted molar refractivity (Wildman–Crippen MR) is 80.4 cm³/mol. The van der Waals surface area contributed by atoms with Crippen molar-refractivity contribution in [3.05, 3.63) is 52.5 Å². The summed E-state index contributed by atoms with van der Waals surface area (Å²) < 4.78 is 0. The summed E-state index contributed by atoms with van der Waals surface area (Å²) in [7, 11) is 0. The molecule has 0 spiro atoms. The smallest absolute Gasteiger partial charge is 0.226 e. The number of carbonyl (C=O) groups is 1. The van der Waals surface area contributed by atoms with Crippen LogP contribution in [0, 0.1) is 5.92 Å². The number of benzene rings is 1. The lowest BCUT2D eigenvalue weighted by Crippen LogP contribution is -2.33. The van der Waals surface area contributed by atoms with Gasteiger partial charge in [0.25, 0.3) is 0 Å². The van der Waals surface area contributed by atoms with Crippen molar-refractivity contribution in [1.29, 1.82) is 0 Å². The molecule has 1 amide bonds. The highest BCUT2D eigenvalue weighted by molar-refractivity contribution is 7.09. The fourth-order valence-corrected chi connectivity index (χ4v) is 2.89. The molecule has 104 valence electrons. The summed E-state index contributed by atoms with van der Waals surface area (Å²) in [5.74, 6) is 0.571. The van der Waals surface area contributed by atoms with Crippen LogP contribution >= 0.6 is 11.3 Å². The largest absolute Gasteiger partial charge is 0.335 e. The molecule has 0 bridgehead atoms. The van der Waals surface area contributed by atoms with E-state index in [1.165, 1.54) is 5.56 Å². The summed E-state index contributed by atoms with van der Waals surface area (Å²) in [4.78, 5) is 18.6. The van der Waals surface area contributed by atoms with Gasteiger partial charge in [0, 0.05) is 24.0 Å². The van der Waals surface area contributed by atoms with E-state index >= 15 is 0 Å². The van der Waals surface area contributed by atoms with Gasteiger partial charge in [-0.25, -0.2) is 4.98 Å². The topological polar surface area (TPSA) is 33.2 Å². The zero-order chi connectivity index (χ0) is 13.8. The second-order valence-electron chi connectivity index (χ2n) is 5.20. The molecule has 0 saturated heterocycles. The molecule has 1 heterocycles. The second-order valence-corrected chi connectivity index (χ2v) is 6.17. The van der Waals surface area contributed by atoms with E-state index in [1.54, 1.807) is 17.5 Å². The van der Waals surface area contributed by atoms with Crippen LogP contribution in [0.3, 0.4) is 0 Å². The molecule has 3 nitrogen and oxygen atoms in total. The molecule has 0 radical (unpaired) electrons. The van der Waals surface area contributed by atoms with E-state index in [0.29, 0.717) is 12.5 Å². The molecule has 0 atom stereocenters. The van der Waals surface area contributed by atoms with E-state index in [4.69, 9.17) is 0 Å². The van der Waals surface area contributed by atoms with Gasteiger partial charge in [-0.05, 0) is 24.8 Å². The molecule has 0 unspecified atom stereocenters. The van der Waals surface area contributed by atoms with Crippen LogP contribution in [0.1, 0.15) is 23.4 Å². The van der Waals surface area contributed by atoms with Gasteiger partial charge in [0.2, 0.25) is 5.91 Å². The third-order valence-electron chi connectivity index (χ3n) is 3.56. The number of hydrogen-bond donors (Lipinski definition) is 0. The third-order valence-corrected chi connectivity index (χ3v) is 4.33. The molecule has 20 heavy (non-hydrogen) atoms. The quantitative estimate of drug-likeness (QED) is 0.817. The number of aromatic nitrogens is 1. The summed E-state index contributed by atoms with van der Waals surface area (Å²) >= 11 is 1.62. The lowest BCUT2D eigenvalue weighted by Gasteiger charge is -2.21. The van der Waals surface area contributed by atoms with E-state index < -0.39 is 0 Å². The number of nitrogens with zero attached hydrogens (tertiary/aromatic N) is 2. The zero-order valence-corrected chi connectivity index (χ0v) is 12.2. The Morgan fingerprint density at radius 1 is 1.30 bits per heavy atom. The van der Waals surface area contributed by atoms with Crippen LogP contribution in [0.2, 0.25) is 0 Å². The molecule has 4 heteroatoms. The van der Waals surface area contributed by atoms with Crippen LogP contribution in [0.4, 0.5) is 0 Å². The highest BCUT2D eigenvalue weighted by Crippen LogP contribution is 2.31. The van der Waals surface area contributed by atoms with Crippen molar-refractivity contribution in [2.45, 2.75) is 25.8 Å². The van der Waals surface area contributed by atoms with Gasteiger partial charge in [0.15, 0.2) is 0 Å². The summed E-state index contributed by atoms with van der Waals surface area (Å²) in [6, 6.07) is 10.3. The van der Waals surface area contributed by atoms with Gasteiger partial charge >= 0.3 is 0 Å². The fraction of sp³-hybridized carbons (Fsp3) is 0.375. The Bertz CT molecular complexity index is 549. The number of rotatable bonds is 6. The number of hydrogen-bond acceptors (Lipinski definition) is 3. The fourth-order valence-electron chi connectivity index (χ4n) is 2.26. The third kappa shape index (κ3) is 3.45. The Morgan fingerprint density at radius 2 is 2.10 bits per heavy atom. The first-order chi connectivity index (χ1) is 9.83. The minimum atomic E-state index is 0.269. The molecule has 0 N–H and O–H groups in total. The first-order valence-electron chi connectivity index (χ1n) is 7.04. The van der Waals surface area contributed by atoms with E-state index in [0.717, 1.165) is 30.8 Å². The molecule has 1 aliphatic carbocycles. The van der Waals surface area contributed by atoms with Crippen molar-refractivity contribution in [2.24, 2.45) is 5.92 Å². The van der Waals surface area contributed by atoms with E-state index in [9.17, 15) is 4.79 Å². The van der Waals surface area contributed by atoms with Crippen LogP contribution in [0.25, 0.3) is 0 Å². The molecule has 0 aliphatic heterocycles. The van der Waals surface area contributed by atoms with E-state index in [2.05, 4.69) is 17.1 Å². The molecular formula is C16H18N2OS. The lowest BCUT2D eigenvalue weighted by atomic mass is 10.1. The summed E-state index contributed by atoms with van der Waals surface area (Å²) in [5.41, 5.74) is 1.28. The van der Waals surface area contributed by atoms with Gasteiger partial charge < -0.3 is 4.90 Å². The Balaban J connectivity index is 1.63. The number of thiazole rings is 1. The molecule has 1 saturated carbocycles. The number of amides is 1. The van der Waals surface area contributed by atoms with Crippen molar-refractivity contribution in [3.8, 4) is 0 Å². The average Bonchev–Trinajstić information content (AvgIpc) is 3.21. The van der Waals surface area contributed by atoms with E-state index in [1.807, 2.05) is 28.5 Å². The monoisotopic (exact) mass is 286 g/mol. The Hall–Kier alpha value is -1.68. The molecular weight excluding hydrogens is 268 g/mol. The predicted octanol–water partition coefficient (Wildman–Crippen LogP) is 3.12. The van der Waals surface area contributed by atoms with Crippen LogP contribution in [-0.2, 0) is 17.8 Å². The second kappa shape index (κ2) is 6.18. The van der Waals surface area contributed by atoms with Crippen LogP contribution < -0.4 is 0 Å². The summed E-state index contributed by atoms with van der Waals surface area (Å²) in [6.45, 7) is 1.43. The lowest BCUT2D eigenvalue weighted by molar-refractivity contribution is -0.133. The molecule has 1 aliphatic rings. The Kier molecular flexibility index (Phi) is 4.11. The average molecular weight is 286 g/mol. The van der Waals surface area contributed by atoms with E-state index in [-0.39, 0.29) is 5.92 Å². The van der Waals surface area contributed by atoms with Crippen molar-refractivity contribution in [3.63, 3.8) is 0 Å². The molecule has 1 fully saturated rings. The molecule has 3 rings (SSSR count). The van der Waals surface area contributed by atoms with Gasteiger partial charge in [0.05, 0.1) is 6.54 Å². The molecule has 2 aromatic rings. The van der Waals surface area contributed by atoms with Crippen LogP contribution in [-0.4, -0.2) is 22.3 Å². The summed E-state index contributed by atoms with van der Waals surface area (Å²) in [6.07, 6.45) is 4.82. The minimum absolute atomic E-state index is 0.269. The van der Waals surface area contributed by atoms with Crippen LogP contribution in [0.15, 0.2) is 41.9 Å². The van der Waals surface area contributed by atoms with Gasteiger partial charge in [0.1, 0.15) is 5.01 Å². The highest BCUT2D eigenvalue weighted by atomic mass is 32.1. The maximum absolute atomic E-state index is 12.4. The number of carbonyl (C=O) groups excluding carboxylic acids is 1. The standard InChI is InChI=1S/C16H18N2OS/c19-16(14-6-7-14)18(12-15-17-9-11-20-15)10-8-13-4-2-1-3-5-13/h1-5,9,11,14H,6-8,10,12H2. The first kappa shape index (κ1) is 13.3. The minimum Gasteiger partial charge on any atom is -0.335 e. The van der Waals surface area contributed by atoms with Gasteiger partial charge in [-0.2, -0.15) is 0 Å². The molecule has 1 aromatic heterocycles. The van der Waals surface area contributed by atoms with Gasteiger partial charge in [-0.15, -0.1) is 11.3 Å².